The highest BCUT2D eigenvalue weighted by molar-refractivity contribution is 6.04. The zero-order valence-corrected chi connectivity index (χ0v) is 13.9. The van der Waals surface area contributed by atoms with Crippen LogP contribution in [0, 0.1) is 6.92 Å². The molecule has 1 amide bonds. The lowest BCUT2D eigenvalue weighted by Crippen LogP contribution is -2.28. The van der Waals surface area contributed by atoms with Gasteiger partial charge in [0.05, 0.1) is 5.92 Å². The van der Waals surface area contributed by atoms with E-state index in [0.717, 1.165) is 34.4 Å². The molecule has 0 fully saturated rings. The van der Waals surface area contributed by atoms with Crippen LogP contribution in [-0.2, 0) is 4.79 Å². The zero-order valence-electron chi connectivity index (χ0n) is 13.9. The Labute approximate surface area is 137 Å². The normalized spacial score (nSPS) is 18.2. The summed E-state index contributed by atoms with van der Waals surface area (Å²) in [5.41, 5.74) is 4.89. The number of aryl methyl sites for hydroxylation is 1. The second-order valence-corrected chi connectivity index (χ2v) is 6.18. The van der Waals surface area contributed by atoms with Crippen LogP contribution in [0.15, 0.2) is 42.5 Å². The van der Waals surface area contributed by atoms with E-state index in [-0.39, 0.29) is 11.8 Å². The van der Waals surface area contributed by atoms with Crippen molar-refractivity contribution in [3.8, 4) is 0 Å². The van der Waals surface area contributed by atoms with Crippen LogP contribution in [0.3, 0.4) is 0 Å². The second-order valence-electron chi connectivity index (χ2n) is 6.18. The quantitative estimate of drug-likeness (QED) is 0.929. The maximum absolute atomic E-state index is 12.5. The molecule has 3 nitrogen and oxygen atoms in total. The van der Waals surface area contributed by atoms with Crippen molar-refractivity contribution in [2.24, 2.45) is 0 Å². The largest absolute Gasteiger partial charge is 0.384 e. The topological polar surface area (TPSA) is 40.5 Å². The molecule has 0 radical (unpaired) electrons. The summed E-state index contributed by atoms with van der Waals surface area (Å²) in [4.78, 5) is 14.3. The first-order valence-electron chi connectivity index (χ1n) is 8.26. The molecule has 0 saturated carbocycles. The fraction of sp³-hybridized carbons (Fsp3) is 0.350. The Kier molecular flexibility index (Phi) is 4.22. The number of fused-ring (bicyclic) bond motifs is 1. The molecule has 0 aromatic heterocycles. The van der Waals surface area contributed by atoms with E-state index in [1.54, 1.807) is 0 Å². The van der Waals surface area contributed by atoms with Crippen molar-refractivity contribution >= 4 is 11.6 Å². The van der Waals surface area contributed by atoms with Gasteiger partial charge in [-0.1, -0.05) is 42.8 Å². The predicted molar refractivity (Wildman–Crippen MR) is 92.7 cm³/mol. The van der Waals surface area contributed by atoms with Gasteiger partial charge in [0, 0.05) is 12.2 Å². The minimum absolute atomic E-state index is 0.0883. The molecule has 0 spiro atoms. The lowest BCUT2D eigenvalue weighted by atomic mass is 9.93. The summed E-state index contributed by atoms with van der Waals surface area (Å²) >= 11 is 0. The summed E-state index contributed by atoms with van der Waals surface area (Å²) in [5.74, 6) is 0.0850. The fourth-order valence-electron chi connectivity index (χ4n) is 3.46. The summed E-state index contributed by atoms with van der Waals surface area (Å²) in [7, 11) is 0. The third-order valence-electron chi connectivity index (χ3n) is 4.68. The number of nitrogens with zero attached hydrogens (tertiary/aromatic N) is 1. The van der Waals surface area contributed by atoms with Crippen LogP contribution in [0.25, 0.3) is 0 Å². The van der Waals surface area contributed by atoms with E-state index in [0.29, 0.717) is 6.54 Å². The minimum atomic E-state index is -0.663. The molecule has 1 aliphatic rings. The first-order chi connectivity index (χ1) is 11.1. The summed E-state index contributed by atoms with van der Waals surface area (Å²) in [6.45, 7) is 6.73. The van der Waals surface area contributed by atoms with Crippen molar-refractivity contribution in [1.29, 1.82) is 0 Å². The van der Waals surface area contributed by atoms with Crippen molar-refractivity contribution in [2.75, 3.05) is 11.4 Å². The van der Waals surface area contributed by atoms with E-state index in [2.05, 4.69) is 0 Å². The van der Waals surface area contributed by atoms with Crippen LogP contribution in [-0.4, -0.2) is 17.6 Å². The smallest absolute Gasteiger partial charge is 0.234 e. The van der Waals surface area contributed by atoms with Crippen molar-refractivity contribution < 1.29 is 9.90 Å². The number of carbonyl (C=O) groups excluding carboxylic acids is 1. The first-order valence-corrected chi connectivity index (χ1v) is 8.26. The highest BCUT2D eigenvalue weighted by atomic mass is 16.3. The lowest BCUT2D eigenvalue weighted by Gasteiger charge is -2.16. The SMILES string of the molecule is CCC1C(=O)N(CC)c2ccc(C(O)c3cccc(C)c3)cc21. The van der Waals surface area contributed by atoms with E-state index < -0.39 is 6.10 Å². The van der Waals surface area contributed by atoms with Crippen LogP contribution >= 0.6 is 0 Å². The predicted octanol–water partition coefficient (Wildman–Crippen LogP) is 3.94. The molecule has 1 heterocycles. The molecule has 2 atom stereocenters. The number of aliphatic hydroxyl groups excluding tert-OH is 1. The van der Waals surface area contributed by atoms with Gasteiger partial charge in [0.25, 0.3) is 0 Å². The lowest BCUT2D eigenvalue weighted by molar-refractivity contribution is -0.119. The number of hydrogen-bond acceptors (Lipinski definition) is 2. The number of carbonyl (C=O) groups is 1. The van der Waals surface area contributed by atoms with Crippen molar-refractivity contribution in [3.05, 3.63) is 64.7 Å². The summed E-state index contributed by atoms with van der Waals surface area (Å²) in [6, 6.07) is 13.8. The summed E-state index contributed by atoms with van der Waals surface area (Å²) in [5, 5.41) is 10.7. The van der Waals surface area contributed by atoms with Gasteiger partial charge in [0.15, 0.2) is 0 Å². The molecule has 2 aromatic carbocycles. The molecule has 0 aliphatic carbocycles. The Balaban J connectivity index is 2.01. The number of rotatable bonds is 4. The van der Waals surface area contributed by atoms with E-state index in [4.69, 9.17) is 0 Å². The highest BCUT2D eigenvalue weighted by Crippen LogP contribution is 2.40. The summed E-state index contributed by atoms with van der Waals surface area (Å²) in [6.07, 6.45) is 0.121. The van der Waals surface area contributed by atoms with E-state index >= 15 is 0 Å². The van der Waals surface area contributed by atoms with Crippen molar-refractivity contribution in [2.45, 2.75) is 39.2 Å². The Morgan fingerprint density at radius 2 is 1.87 bits per heavy atom. The molecule has 0 bridgehead atoms. The Morgan fingerprint density at radius 1 is 1.13 bits per heavy atom. The number of amides is 1. The van der Waals surface area contributed by atoms with Crippen LogP contribution in [0.5, 0.6) is 0 Å². The minimum Gasteiger partial charge on any atom is -0.384 e. The highest BCUT2D eigenvalue weighted by Gasteiger charge is 2.35. The van der Waals surface area contributed by atoms with E-state index in [1.807, 2.05) is 68.1 Å². The van der Waals surface area contributed by atoms with E-state index in [1.165, 1.54) is 0 Å². The number of benzene rings is 2. The van der Waals surface area contributed by atoms with Gasteiger partial charge in [-0.3, -0.25) is 4.79 Å². The monoisotopic (exact) mass is 309 g/mol. The number of likely N-dealkylation sites (N-methyl/N-ethyl adjacent to an activating group) is 1. The van der Waals surface area contributed by atoms with Gasteiger partial charge in [-0.15, -0.1) is 0 Å². The standard InChI is InChI=1S/C20H23NO2/c1-4-16-17-12-15(9-10-18(17)21(5-2)20(16)23)19(22)14-8-6-7-13(3)11-14/h6-12,16,19,22H,4-5H2,1-3H3. The Bertz CT molecular complexity index is 738. The third kappa shape index (κ3) is 2.66. The second kappa shape index (κ2) is 6.17. The molecule has 23 heavy (non-hydrogen) atoms. The Hall–Kier alpha value is -2.13. The molecule has 120 valence electrons. The van der Waals surface area contributed by atoms with Crippen LogP contribution in [0.1, 0.15) is 54.5 Å². The molecule has 3 heteroatoms. The third-order valence-corrected chi connectivity index (χ3v) is 4.68. The maximum atomic E-state index is 12.5. The van der Waals surface area contributed by atoms with Gasteiger partial charge in [-0.25, -0.2) is 0 Å². The molecule has 2 unspecified atom stereocenters. The molecular formula is C20H23NO2. The van der Waals surface area contributed by atoms with Crippen molar-refractivity contribution in [3.63, 3.8) is 0 Å². The van der Waals surface area contributed by atoms with Gasteiger partial charge in [0.2, 0.25) is 5.91 Å². The molecular weight excluding hydrogens is 286 g/mol. The van der Waals surface area contributed by atoms with Gasteiger partial charge < -0.3 is 10.0 Å². The molecule has 2 aromatic rings. The molecule has 0 saturated heterocycles. The van der Waals surface area contributed by atoms with Crippen LogP contribution in [0.2, 0.25) is 0 Å². The molecule has 1 aliphatic heterocycles. The van der Waals surface area contributed by atoms with Crippen molar-refractivity contribution in [1.82, 2.24) is 0 Å². The maximum Gasteiger partial charge on any atom is 0.234 e. The Morgan fingerprint density at radius 3 is 2.52 bits per heavy atom. The van der Waals surface area contributed by atoms with Crippen LogP contribution in [0.4, 0.5) is 5.69 Å². The fourth-order valence-corrected chi connectivity index (χ4v) is 3.46. The van der Waals surface area contributed by atoms with Gasteiger partial charge >= 0.3 is 0 Å². The molecule has 3 rings (SSSR count). The number of anilines is 1. The zero-order chi connectivity index (χ0) is 16.6. The average Bonchev–Trinajstić information content (AvgIpc) is 2.83. The summed E-state index contributed by atoms with van der Waals surface area (Å²) < 4.78 is 0. The first kappa shape index (κ1) is 15.8. The molecule has 1 N–H and O–H groups in total. The number of aliphatic hydroxyl groups is 1. The number of hydrogen-bond donors (Lipinski definition) is 1. The van der Waals surface area contributed by atoms with Gasteiger partial charge in [-0.05, 0) is 49.1 Å². The van der Waals surface area contributed by atoms with Crippen LogP contribution < -0.4 is 4.90 Å². The van der Waals surface area contributed by atoms with Gasteiger partial charge in [-0.2, -0.15) is 0 Å². The van der Waals surface area contributed by atoms with E-state index in [9.17, 15) is 9.90 Å². The average molecular weight is 309 g/mol. The van der Waals surface area contributed by atoms with Gasteiger partial charge in [0.1, 0.15) is 6.10 Å².